The fraction of sp³-hybridized carbons (Fsp3) is 0.276. The molecular formula is C29H28F3NO3. The van der Waals surface area contributed by atoms with Gasteiger partial charge in [0.15, 0.2) is 0 Å². The third-order valence-electron chi connectivity index (χ3n) is 6.36. The van der Waals surface area contributed by atoms with E-state index in [1.807, 2.05) is 29.2 Å². The quantitative estimate of drug-likeness (QED) is 0.342. The van der Waals surface area contributed by atoms with Crippen molar-refractivity contribution in [1.29, 1.82) is 0 Å². The van der Waals surface area contributed by atoms with Crippen molar-refractivity contribution in [1.82, 2.24) is 4.90 Å². The predicted octanol–water partition coefficient (Wildman–Crippen LogP) is 6.71. The van der Waals surface area contributed by atoms with Crippen LogP contribution in [0.4, 0.5) is 13.2 Å². The lowest BCUT2D eigenvalue weighted by Gasteiger charge is -2.31. The maximum atomic E-state index is 12.7. The van der Waals surface area contributed by atoms with Crippen LogP contribution in [0.15, 0.2) is 78.9 Å². The highest BCUT2D eigenvalue weighted by atomic mass is 19.4. The Morgan fingerprint density at radius 3 is 2.31 bits per heavy atom. The first-order valence-corrected chi connectivity index (χ1v) is 11.8. The lowest BCUT2D eigenvalue weighted by molar-refractivity contribution is -0.137. The van der Waals surface area contributed by atoms with Gasteiger partial charge in [0, 0.05) is 19.2 Å². The second-order valence-corrected chi connectivity index (χ2v) is 8.76. The molecule has 0 radical (unpaired) electrons. The van der Waals surface area contributed by atoms with Crippen LogP contribution in [0, 0.1) is 0 Å². The molecule has 4 nitrogen and oxygen atoms in total. The molecule has 0 saturated carbocycles. The van der Waals surface area contributed by atoms with Gasteiger partial charge in [-0.2, -0.15) is 13.2 Å². The Morgan fingerprint density at radius 2 is 1.67 bits per heavy atom. The SMILES string of the molecule is COc1ccc(C2CCN(C(=O)/C=C/c3cccc(OCc4ccc(C(F)(F)F)cc4)c3)CC2)cc1. The lowest BCUT2D eigenvalue weighted by Crippen LogP contribution is -2.36. The number of nitrogens with zero attached hydrogens (tertiary/aromatic N) is 1. The minimum atomic E-state index is -4.36. The summed E-state index contributed by atoms with van der Waals surface area (Å²) in [4.78, 5) is 14.6. The molecule has 36 heavy (non-hydrogen) atoms. The number of carbonyl (C=O) groups is 1. The maximum absolute atomic E-state index is 12.7. The summed E-state index contributed by atoms with van der Waals surface area (Å²) in [5.41, 5.74) is 2.03. The molecule has 0 bridgehead atoms. The highest BCUT2D eigenvalue weighted by Gasteiger charge is 2.30. The molecule has 0 aromatic heterocycles. The topological polar surface area (TPSA) is 38.8 Å². The Kier molecular flexibility index (Phi) is 7.98. The van der Waals surface area contributed by atoms with Crippen LogP contribution in [0.5, 0.6) is 11.5 Å². The fourth-order valence-electron chi connectivity index (χ4n) is 4.25. The predicted molar refractivity (Wildman–Crippen MR) is 133 cm³/mol. The highest BCUT2D eigenvalue weighted by Crippen LogP contribution is 2.30. The summed E-state index contributed by atoms with van der Waals surface area (Å²) >= 11 is 0. The standard InChI is InChI=1S/C29H28F3NO3/c1-35-26-12-8-23(9-13-26)24-15-17-33(18-16-24)28(34)14-7-21-3-2-4-27(19-21)36-20-22-5-10-25(11-6-22)29(30,31)32/h2-14,19,24H,15-18,20H2,1H3/b14-7+. The Labute approximate surface area is 209 Å². The molecule has 0 unspecified atom stereocenters. The number of benzene rings is 3. The molecule has 0 N–H and O–H groups in total. The number of alkyl halides is 3. The largest absolute Gasteiger partial charge is 0.497 e. The first-order valence-electron chi connectivity index (χ1n) is 11.8. The minimum Gasteiger partial charge on any atom is -0.497 e. The number of hydrogen-bond acceptors (Lipinski definition) is 3. The van der Waals surface area contributed by atoms with Crippen molar-refractivity contribution in [3.8, 4) is 11.5 Å². The van der Waals surface area contributed by atoms with Crippen molar-refractivity contribution in [3.05, 3.63) is 101 Å². The van der Waals surface area contributed by atoms with Crippen LogP contribution in [0.2, 0.25) is 0 Å². The van der Waals surface area contributed by atoms with Crippen molar-refractivity contribution >= 4 is 12.0 Å². The molecule has 4 rings (SSSR count). The van der Waals surface area contributed by atoms with Crippen LogP contribution in [-0.4, -0.2) is 31.0 Å². The number of amides is 1. The van der Waals surface area contributed by atoms with E-state index in [-0.39, 0.29) is 12.5 Å². The number of ether oxygens (including phenoxy) is 2. The number of piperidine rings is 1. The molecule has 188 valence electrons. The summed E-state index contributed by atoms with van der Waals surface area (Å²) in [5, 5.41) is 0. The minimum absolute atomic E-state index is 0.0285. The van der Waals surface area contributed by atoms with E-state index >= 15 is 0 Å². The van der Waals surface area contributed by atoms with Crippen LogP contribution in [0.1, 0.15) is 41.0 Å². The summed E-state index contributed by atoms with van der Waals surface area (Å²) in [7, 11) is 1.65. The van der Waals surface area contributed by atoms with Gasteiger partial charge in [-0.1, -0.05) is 36.4 Å². The van der Waals surface area contributed by atoms with Crippen molar-refractivity contribution in [2.75, 3.05) is 20.2 Å². The van der Waals surface area contributed by atoms with Crippen LogP contribution < -0.4 is 9.47 Å². The van der Waals surface area contributed by atoms with Crippen LogP contribution in [0.3, 0.4) is 0 Å². The number of carbonyl (C=O) groups excluding carboxylic acids is 1. The second kappa shape index (κ2) is 11.3. The average molecular weight is 496 g/mol. The molecule has 1 fully saturated rings. The van der Waals surface area contributed by atoms with Gasteiger partial charge in [0.05, 0.1) is 12.7 Å². The van der Waals surface area contributed by atoms with Gasteiger partial charge in [-0.05, 0) is 77.9 Å². The van der Waals surface area contributed by atoms with E-state index in [1.54, 1.807) is 31.4 Å². The Balaban J connectivity index is 1.28. The third-order valence-corrected chi connectivity index (χ3v) is 6.36. The van der Waals surface area contributed by atoms with Gasteiger partial charge < -0.3 is 14.4 Å². The Bertz CT molecular complexity index is 1180. The van der Waals surface area contributed by atoms with E-state index in [0.29, 0.717) is 30.3 Å². The fourth-order valence-corrected chi connectivity index (χ4v) is 4.25. The summed E-state index contributed by atoms with van der Waals surface area (Å²) in [6.45, 7) is 1.56. The van der Waals surface area contributed by atoms with Gasteiger partial charge in [0.1, 0.15) is 18.1 Å². The first kappa shape index (κ1) is 25.4. The first-order chi connectivity index (χ1) is 17.3. The van der Waals surface area contributed by atoms with Gasteiger partial charge in [-0.25, -0.2) is 0 Å². The molecule has 1 heterocycles. The van der Waals surface area contributed by atoms with E-state index in [4.69, 9.17) is 9.47 Å². The number of rotatable bonds is 7. The molecular weight excluding hydrogens is 467 g/mol. The number of hydrogen-bond donors (Lipinski definition) is 0. The summed E-state index contributed by atoms with van der Waals surface area (Å²) < 4.78 is 49.1. The Morgan fingerprint density at radius 1 is 0.972 bits per heavy atom. The van der Waals surface area contributed by atoms with Gasteiger partial charge in [-0.3, -0.25) is 4.79 Å². The van der Waals surface area contributed by atoms with E-state index < -0.39 is 11.7 Å². The van der Waals surface area contributed by atoms with Crippen molar-refractivity contribution in [2.45, 2.75) is 31.5 Å². The smallest absolute Gasteiger partial charge is 0.416 e. The zero-order valence-electron chi connectivity index (χ0n) is 20.0. The summed E-state index contributed by atoms with van der Waals surface area (Å²) in [6.07, 6.45) is 0.799. The molecule has 1 aliphatic heterocycles. The van der Waals surface area contributed by atoms with Crippen LogP contribution in [-0.2, 0) is 17.6 Å². The average Bonchev–Trinajstić information content (AvgIpc) is 2.91. The van der Waals surface area contributed by atoms with Crippen molar-refractivity contribution in [3.63, 3.8) is 0 Å². The molecule has 7 heteroatoms. The van der Waals surface area contributed by atoms with Crippen LogP contribution >= 0.6 is 0 Å². The monoisotopic (exact) mass is 495 g/mol. The van der Waals surface area contributed by atoms with Crippen molar-refractivity contribution < 1.29 is 27.4 Å². The molecule has 0 spiro atoms. The zero-order valence-corrected chi connectivity index (χ0v) is 20.0. The summed E-state index contributed by atoms with van der Waals surface area (Å²) in [5.74, 6) is 1.82. The molecule has 1 amide bonds. The van der Waals surface area contributed by atoms with Crippen molar-refractivity contribution in [2.24, 2.45) is 0 Å². The van der Waals surface area contributed by atoms with Gasteiger partial charge in [0.2, 0.25) is 5.91 Å². The summed E-state index contributed by atoms with van der Waals surface area (Å²) in [6, 6.07) is 20.3. The lowest BCUT2D eigenvalue weighted by atomic mass is 9.89. The Hall–Kier alpha value is -3.74. The van der Waals surface area contributed by atoms with Gasteiger partial charge >= 0.3 is 6.18 Å². The maximum Gasteiger partial charge on any atom is 0.416 e. The third kappa shape index (κ3) is 6.68. The molecule has 1 saturated heterocycles. The van der Waals surface area contributed by atoms with Gasteiger partial charge in [-0.15, -0.1) is 0 Å². The molecule has 0 atom stereocenters. The second-order valence-electron chi connectivity index (χ2n) is 8.76. The number of halogens is 3. The van der Waals surface area contributed by atoms with Crippen LogP contribution in [0.25, 0.3) is 6.08 Å². The molecule has 1 aliphatic rings. The normalized spacial score (nSPS) is 14.7. The highest BCUT2D eigenvalue weighted by molar-refractivity contribution is 5.91. The zero-order chi connectivity index (χ0) is 25.5. The number of methoxy groups -OCH3 is 1. The van der Waals surface area contributed by atoms with Gasteiger partial charge in [0.25, 0.3) is 0 Å². The molecule has 3 aromatic rings. The molecule has 3 aromatic carbocycles. The van der Waals surface area contributed by atoms with E-state index in [2.05, 4.69) is 12.1 Å². The molecule has 0 aliphatic carbocycles. The number of likely N-dealkylation sites (tertiary alicyclic amines) is 1. The van der Waals surface area contributed by atoms with E-state index in [0.717, 1.165) is 36.3 Å². The van der Waals surface area contributed by atoms with E-state index in [9.17, 15) is 18.0 Å². The van der Waals surface area contributed by atoms with E-state index in [1.165, 1.54) is 17.7 Å².